The van der Waals surface area contributed by atoms with E-state index in [4.69, 9.17) is 9.47 Å². The largest absolute Gasteiger partial charge is 0.352 e. The smallest absolute Gasteiger partial charge is 0.158 e. The van der Waals surface area contributed by atoms with Crippen molar-refractivity contribution in [2.24, 2.45) is 0 Å². The summed E-state index contributed by atoms with van der Waals surface area (Å²) < 4.78 is 11.6. The van der Waals surface area contributed by atoms with Gasteiger partial charge in [0.15, 0.2) is 6.29 Å². The van der Waals surface area contributed by atoms with Crippen LogP contribution in [0.4, 0.5) is 0 Å². The van der Waals surface area contributed by atoms with Gasteiger partial charge in [0.2, 0.25) is 0 Å². The van der Waals surface area contributed by atoms with Crippen LogP contribution in [0.15, 0.2) is 24.3 Å². The maximum atomic E-state index is 5.83. The molecule has 0 spiro atoms. The van der Waals surface area contributed by atoms with E-state index in [0.717, 1.165) is 32.3 Å². The highest BCUT2D eigenvalue weighted by atomic mass is 16.7. The Morgan fingerprint density at radius 2 is 1.60 bits per heavy atom. The molecule has 118 valence electrons. The van der Waals surface area contributed by atoms with Gasteiger partial charge in [-0.15, -0.1) is 0 Å². The van der Waals surface area contributed by atoms with Gasteiger partial charge in [0.1, 0.15) is 0 Å². The highest BCUT2D eigenvalue weighted by molar-refractivity contribution is 4.81. The number of unbranched alkanes of at least 4 members (excludes halogenated alkanes) is 3. The van der Waals surface area contributed by atoms with E-state index in [1.807, 2.05) is 0 Å². The van der Waals surface area contributed by atoms with E-state index in [0.29, 0.717) is 6.61 Å². The third-order valence-corrected chi connectivity index (χ3v) is 3.03. The first-order valence-electron chi connectivity index (χ1n) is 8.38. The molecule has 0 N–H and O–H groups in total. The standard InChI is InChI=1S/C18H34O2/c1-4-7-10-13-16-19-18(15-12-9-6-3)20-17-14-11-8-5-2/h7,10-11,14,18H,4-6,8-9,12-13,15-17H2,1-3H3/b10-7-,14-11+. The fraction of sp³-hybridized carbons (Fsp3) is 0.778. The lowest BCUT2D eigenvalue weighted by atomic mass is 10.2. The molecule has 0 heterocycles. The van der Waals surface area contributed by atoms with Gasteiger partial charge in [-0.05, 0) is 32.1 Å². The van der Waals surface area contributed by atoms with Crippen LogP contribution in [0.25, 0.3) is 0 Å². The lowest BCUT2D eigenvalue weighted by molar-refractivity contribution is -0.138. The summed E-state index contributed by atoms with van der Waals surface area (Å²) in [6.07, 6.45) is 17.7. The van der Waals surface area contributed by atoms with Crippen LogP contribution in [0.2, 0.25) is 0 Å². The minimum atomic E-state index is -0.0390. The first kappa shape index (κ1) is 19.4. The molecular formula is C18H34O2. The van der Waals surface area contributed by atoms with Crippen molar-refractivity contribution in [2.45, 2.75) is 78.4 Å². The van der Waals surface area contributed by atoms with E-state index in [2.05, 4.69) is 45.1 Å². The van der Waals surface area contributed by atoms with Crippen molar-refractivity contribution in [3.8, 4) is 0 Å². The normalized spacial score (nSPS) is 13.6. The Bertz CT molecular complexity index is 234. The predicted octanol–water partition coefficient (Wildman–Crippen LogP) is 5.64. The fourth-order valence-corrected chi connectivity index (χ4v) is 1.84. The molecule has 2 nitrogen and oxygen atoms in total. The zero-order valence-electron chi connectivity index (χ0n) is 13.8. The van der Waals surface area contributed by atoms with E-state index in [1.165, 1.54) is 25.7 Å². The van der Waals surface area contributed by atoms with E-state index >= 15 is 0 Å². The predicted molar refractivity (Wildman–Crippen MR) is 87.9 cm³/mol. The number of allylic oxidation sites excluding steroid dienone is 2. The summed E-state index contributed by atoms with van der Waals surface area (Å²) in [6.45, 7) is 7.98. The second kappa shape index (κ2) is 16.5. The Balaban J connectivity index is 3.83. The number of ether oxygens (including phenoxy) is 2. The molecule has 0 saturated heterocycles. The van der Waals surface area contributed by atoms with Gasteiger partial charge in [-0.2, -0.15) is 0 Å². The third-order valence-electron chi connectivity index (χ3n) is 3.03. The van der Waals surface area contributed by atoms with Crippen molar-refractivity contribution in [3.05, 3.63) is 24.3 Å². The van der Waals surface area contributed by atoms with Crippen LogP contribution >= 0.6 is 0 Å². The van der Waals surface area contributed by atoms with E-state index in [9.17, 15) is 0 Å². The Hall–Kier alpha value is -0.600. The summed E-state index contributed by atoms with van der Waals surface area (Å²) >= 11 is 0. The first-order valence-corrected chi connectivity index (χ1v) is 8.38. The average molecular weight is 282 g/mol. The molecule has 20 heavy (non-hydrogen) atoms. The van der Waals surface area contributed by atoms with Crippen LogP contribution in [0.5, 0.6) is 0 Å². The fourth-order valence-electron chi connectivity index (χ4n) is 1.84. The molecule has 0 radical (unpaired) electrons. The zero-order chi connectivity index (χ0) is 14.9. The molecular weight excluding hydrogens is 248 g/mol. The second-order valence-corrected chi connectivity index (χ2v) is 5.06. The quantitative estimate of drug-likeness (QED) is 0.233. The van der Waals surface area contributed by atoms with Gasteiger partial charge in [-0.25, -0.2) is 0 Å². The maximum absolute atomic E-state index is 5.83. The van der Waals surface area contributed by atoms with E-state index < -0.39 is 0 Å². The summed E-state index contributed by atoms with van der Waals surface area (Å²) in [7, 11) is 0. The van der Waals surface area contributed by atoms with Crippen molar-refractivity contribution in [3.63, 3.8) is 0 Å². The molecule has 2 heteroatoms. The molecule has 0 rings (SSSR count). The van der Waals surface area contributed by atoms with Crippen molar-refractivity contribution < 1.29 is 9.47 Å². The minimum Gasteiger partial charge on any atom is -0.352 e. The van der Waals surface area contributed by atoms with Gasteiger partial charge < -0.3 is 9.47 Å². The lowest BCUT2D eigenvalue weighted by Crippen LogP contribution is -2.18. The highest BCUT2D eigenvalue weighted by Crippen LogP contribution is 2.09. The monoisotopic (exact) mass is 282 g/mol. The van der Waals surface area contributed by atoms with Gasteiger partial charge >= 0.3 is 0 Å². The summed E-state index contributed by atoms with van der Waals surface area (Å²) in [5, 5.41) is 0. The maximum Gasteiger partial charge on any atom is 0.158 e. The topological polar surface area (TPSA) is 18.5 Å². The molecule has 0 aromatic carbocycles. The third kappa shape index (κ3) is 13.8. The molecule has 0 aliphatic rings. The Morgan fingerprint density at radius 1 is 0.800 bits per heavy atom. The summed E-state index contributed by atoms with van der Waals surface area (Å²) in [4.78, 5) is 0. The summed E-state index contributed by atoms with van der Waals surface area (Å²) in [6, 6.07) is 0. The number of hydrogen-bond donors (Lipinski definition) is 0. The molecule has 0 aromatic heterocycles. The van der Waals surface area contributed by atoms with Gasteiger partial charge in [-0.3, -0.25) is 0 Å². The molecule has 0 aliphatic carbocycles. The second-order valence-electron chi connectivity index (χ2n) is 5.06. The molecule has 0 bridgehead atoms. The number of rotatable bonds is 14. The molecule has 0 aliphatic heterocycles. The molecule has 1 atom stereocenters. The van der Waals surface area contributed by atoms with E-state index in [1.54, 1.807) is 0 Å². The molecule has 0 saturated carbocycles. The Kier molecular flexibility index (Phi) is 16.0. The van der Waals surface area contributed by atoms with Crippen LogP contribution in [0.1, 0.15) is 72.1 Å². The van der Waals surface area contributed by atoms with Gasteiger partial charge in [0.05, 0.1) is 13.2 Å². The van der Waals surface area contributed by atoms with Crippen molar-refractivity contribution >= 4 is 0 Å². The highest BCUT2D eigenvalue weighted by Gasteiger charge is 2.07. The van der Waals surface area contributed by atoms with E-state index in [-0.39, 0.29) is 6.29 Å². The van der Waals surface area contributed by atoms with Crippen LogP contribution in [-0.4, -0.2) is 19.5 Å². The van der Waals surface area contributed by atoms with Gasteiger partial charge in [0, 0.05) is 0 Å². The SMILES string of the molecule is CC/C=C\CCOC(CCCCC)OC/C=C/CCC. The number of hydrogen-bond acceptors (Lipinski definition) is 2. The molecule has 0 fully saturated rings. The van der Waals surface area contributed by atoms with Crippen LogP contribution in [0, 0.1) is 0 Å². The molecule has 0 aromatic rings. The van der Waals surface area contributed by atoms with Crippen molar-refractivity contribution in [1.29, 1.82) is 0 Å². The summed E-state index contributed by atoms with van der Waals surface area (Å²) in [5.74, 6) is 0. The average Bonchev–Trinajstić information content (AvgIpc) is 2.46. The van der Waals surface area contributed by atoms with Crippen LogP contribution in [-0.2, 0) is 9.47 Å². The van der Waals surface area contributed by atoms with Crippen molar-refractivity contribution in [1.82, 2.24) is 0 Å². The molecule has 0 amide bonds. The van der Waals surface area contributed by atoms with Crippen LogP contribution < -0.4 is 0 Å². The first-order chi connectivity index (χ1) is 9.85. The molecule has 1 unspecified atom stereocenters. The zero-order valence-corrected chi connectivity index (χ0v) is 13.8. The van der Waals surface area contributed by atoms with Crippen LogP contribution in [0.3, 0.4) is 0 Å². The van der Waals surface area contributed by atoms with Gasteiger partial charge in [-0.1, -0.05) is 64.3 Å². The lowest BCUT2D eigenvalue weighted by Gasteiger charge is -2.17. The minimum absolute atomic E-state index is 0.0390. The van der Waals surface area contributed by atoms with Gasteiger partial charge in [0.25, 0.3) is 0 Å². The Morgan fingerprint density at radius 3 is 2.30 bits per heavy atom. The van der Waals surface area contributed by atoms with Crippen molar-refractivity contribution in [2.75, 3.05) is 13.2 Å². The summed E-state index contributed by atoms with van der Waals surface area (Å²) in [5.41, 5.74) is 0. The Labute approximate surface area is 126 Å².